The van der Waals surface area contributed by atoms with Gasteiger partial charge in [-0.3, -0.25) is 9.69 Å². The molecule has 0 radical (unpaired) electrons. The van der Waals surface area contributed by atoms with Crippen molar-refractivity contribution < 1.29 is 9.21 Å². The molecule has 1 amide bonds. The number of nitrogens with one attached hydrogen (secondary N) is 1. The van der Waals surface area contributed by atoms with E-state index in [-0.39, 0.29) is 11.9 Å². The van der Waals surface area contributed by atoms with E-state index in [4.69, 9.17) is 28.2 Å². The van der Waals surface area contributed by atoms with Crippen LogP contribution in [0.5, 0.6) is 0 Å². The van der Waals surface area contributed by atoms with Gasteiger partial charge in [-0.05, 0) is 61.5 Å². The van der Waals surface area contributed by atoms with Crippen molar-refractivity contribution in [3.8, 4) is 11.5 Å². The van der Waals surface area contributed by atoms with Gasteiger partial charge in [-0.15, -0.1) is 5.10 Å². The van der Waals surface area contributed by atoms with Crippen molar-refractivity contribution in [1.29, 1.82) is 0 Å². The summed E-state index contributed by atoms with van der Waals surface area (Å²) >= 11 is 11.3. The summed E-state index contributed by atoms with van der Waals surface area (Å²) in [5.74, 6) is 0.465. The zero-order chi connectivity index (χ0) is 20.2. The van der Waals surface area contributed by atoms with E-state index in [2.05, 4.69) is 15.3 Å². The summed E-state index contributed by atoms with van der Waals surface area (Å²) in [6.45, 7) is 2.27. The van der Waals surface area contributed by atoms with E-state index in [0.717, 1.165) is 31.5 Å². The zero-order valence-electron chi connectivity index (χ0n) is 15.8. The lowest BCUT2D eigenvalue weighted by Crippen LogP contribution is -2.45. The average molecular weight is 429 g/mol. The summed E-state index contributed by atoms with van der Waals surface area (Å²) < 4.78 is 7.34. The Hall–Kier alpha value is -2.48. The predicted molar refractivity (Wildman–Crippen MR) is 114 cm³/mol. The van der Waals surface area contributed by atoms with Crippen LogP contribution >= 0.6 is 23.8 Å². The highest BCUT2D eigenvalue weighted by atomic mass is 35.5. The molecule has 1 N–H and O–H groups in total. The van der Waals surface area contributed by atoms with E-state index in [1.54, 1.807) is 16.8 Å². The van der Waals surface area contributed by atoms with Crippen LogP contribution < -0.4 is 5.32 Å². The molecule has 6 nitrogen and oxygen atoms in total. The number of piperidine rings is 1. The predicted octanol–water partition coefficient (Wildman–Crippen LogP) is 4.38. The molecular weight excluding hydrogens is 408 g/mol. The first-order valence-electron chi connectivity index (χ1n) is 9.50. The molecule has 2 heterocycles. The average Bonchev–Trinajstić information content (AvgIpc) is 3.11. The third kappa shape index (κ3) is 4.93. The summed E-state index contributed by atoms with van der Waals surface area (Å²) in [6.07, 6.45) is 1.77. The molecule has 0 aliphatic carbocycles. The number of amides is 1. The minimum absolute atomic E-state index is 0.0182. The Kier molecular flexibility index (Phi) is 6.08. The second-order valence-corrected chi connectivity index (χ2v) is 7.84. The van der Waals surface area contributed by atoms with Crippen molar-refractivity contribution in [1.82, 2.24) is 20.0 Å². The number of hydrogen-bond acceptors (Lipinski definition) is 5. The van der Waals surface area contributed by atoms with Crippen LogP contribution in [0.15, 0.2) is 59.0 Å². The van der Waals surface area contributed by atoms with Gasteiger partial charge in [0.2, 0.25) is 5.89 Å². The lowest BCUT2D eigenvalue weighted by molar-refractivity contribution is 0.0895. The molecule has 4 rings (SSSR count). The molecule has 1 fully saturated rings. The van der Waals surface area contributed by atoms with Crippen molar-refractivity contribution in [2.75, 3.05) is 13.1 Å². The maximum atomic E-state index is 12.3. The standard InChI is InChI=1S/C21H21ClN4O2S/c22-17-8-6-16(7-9-17)20-24-26(21(29)28-20)14-25-12-10-18(11-13-25)23-19(27)15-4-2-1-3-5-15/h1-9,18H,10-14H2,(H,23,27). The molecule has 0 unspecified atom stereocenters. The van der Waals surface area contributed by atoms with E-state index < -0.39 is 0 Å². The molecule has 8 heteroatoms. The highest BCUT2D eigenvalue weighted by Gasteiger charge is 2.22. The van der Waals surface area contributed by atoms with Gasteiger partial charge in [-0.2, -0.15) is 0 Å². The first kappa shape index (κ1) is 19.8. The van der Waals surface area contributed by atoms with Gasteiger partial charge in [0, 0.05) is 35.3 Å². The summed E-state index contributed by atoms with van der Waals surface area (Å²) in [5.41, 5.74) is 1.53. The third-order valence-electron chi connectivity index (χ3n) is 4.99. The molecule has 150 valence electrons. The summed E-state index contributed by atoms with van der Waals surface area (Å²) in [4.78, 5) is 14.9. The Morgan fingerprint density at radius 2 is 1.83 bits per heavy atom. The van der Waals surface area contributed by atoms with Crippen LogP contribution in [-0.4, -0.2) is 39.7 Å². The number of carbonyl (C=O) groups is 1. The summed E-state index contributed by atoms with van der Waals surface area (Å²) in [5, 5.41) is 8.29. The SMILES string of the molecule is O=C(NC1CCN(Cn2nc(-c3ccc(Cl)cc3)oc2=S)CC1)c1ccccc1. The van der Waals surface area contributed by atoms with Crippen LogP contribution in [0.3, 0.4) is 0 Å². The van der Waals surface area contributed by atoms with Crippen LogP contribution in [0.2, 0.25) is 5.02 Å². The van der Waals surface area contributed by atoms with E-state index in [1.807, 2.05) is 42.5 Å². The highest BCUT2D eigenvalue weighted by Crippen LogP contribution is 2.21. The first-order valence-corrected chi connectivity index (χ1v) is 10.3. The second-order valence-electron chi connectivity index (χ2n) is 7.05. The maximum Gasteiger partial charge on any atom is 0.288 e. The lowest BCUT2D eigenvalue weighted by Gasteiger charge is -2.31. The third-order valence-corrected chi connectivity index (χ3v) is 5.54. The quantitative estimate of drug-likeness (QED) is 0.611. The molecule has 0 atom stereocenters. The second kappa shape index (κ2) is 8.90. The molecule has 2 aromatic carbocycles. The van der Waals surface area contributed by atoms with E-state index in [9.17, 15) is 4.79 Å². The fourth-order valence-corrected chi connectivity index (χ4v) is 3.67. The van der Waals surface area contributed by atoms with Crippen LogP contribution in [0.1, 0.15) is 23.2 Å². The molecule has 0 saturated carbocycles. The molecular formula is C21H21ClN4O2S. The van der Waals surface area contributed by atoms with Crippen molar-refractivity contribution in [2.24, 2.45) is 0 Å². The number of rotatable bonds is 5. The Morgan fingerprint density at radius 3 is 2.52 bits per heavy atom. The molecule has 29 heavy (non-hydrogen) atoms. The Labute approximate surface area is 179 Å². The molecule has 0 bridgehead atoms. The molecule has 1 aliphatic heterocycles. The van der Waals surface area contributed by atoms with E-state index in [0.29, 0.717) is 28.0 Å². The fraction of sp³-hybridized carbons (Fsp3) is 0.286. The minimum Gasteiger partial charge on any atom is -0.409 e. The normalized spacial score (nSPS) is 15.3. The van der Waals surface area contributed by atoms with Crippen molar-refractivity contribution in [2.45, 2.75) is 25.6 Å². The molecule has 1 saturated heterocycles. The highest BCUT2D eigenvalue weighted by molar-refractivity contribution is 7.71. The smallest absolute Gasteiger partial charge is 0.288 e. The summed E-state index contributed by atoms with van der Waals surface area (Å²) in [7, 11) is 0. The molecule has 0 spiro atoms. The Balaban J connectivity index is 1.32. The lowest BCUT2D eigenvalue weighted by atomic mass is 10.0. The number of likely N-dealkylation sites (tertiary alicyclic amines) is 1. The number of benzene rings is 2. The number of aromatic nitrogens is 2. The van der Waals surface area contributed by atoms with Gasteiger partial charge in [0.15, 0.2) is 0 Å². The van der Waals surface area contributed by atoms with Crippen LogP contribution in [0, 0.1) is 4.84 Å². The first-order chi connectivity index (χ1) is 14.1. The van der Waals surface area contributed by atoms with Gasteiger partial charge >= 0.3 is 0 Å². The van der Waals surface area contributed by atoms with E-state index >= 15 is 0 Å². The minimum atomic E-state index is -0.0182. The van der Waals surface area contributed by atoms with Gasteiger partial charge in [-0.25, -0.2) is 4.68 Å². The Bertz CT molecular complexity index is 1020. The largest absolute Gasteiger partial charge is 0.409 e. The molecule has 3 aromatic rings. The number of halogens is 1. The van der Waals surface area contributed by atoms with Crippen molar-refractivity contribution >= 4 is 29.7 Å². The van der Waals surface area contributed by atoms with Gasteiger partial charge in [-0.1, -0.05) is 29.8 Å². The van der Waals surface area contributed by atoms with Crippen LogP contribution in [0.4, 0.5) is 0 Å². The molecule has 1 aliphatic rings. The van der Waals surface area contributed by atoms with Gasteiger partial charge < -0.3 is 9.73 Å². The fourth-order valence-electron chi connectivity index (χ4n) is 3.37. The van der Waals surface area contributed by atoms with Gasteiger partial charge in [0.1, 0.15) is 0 Å². The van der Waals surface area contributed by atoms with Crippen molar-refractivity contribution in [3.05, 3.63) is 70.0 Å². The number of hydrogen-bond donors (Lipinski definition) is 1. The monoisotopic (exact) mass is 428 g/mol. The van der Waals surface area contributed by atoms with E-state index in [1.165, 1.54) is 0 Å². The number of carbonyl (C=O) groups excluding carboxylic acids is 1. The van der Waals surface area contributed by atoms with Crippen molar-refractivity contribution in [3.63, 3.8) is 0 Å². The Morgan fingerprint density at radius 1 is 1.14 bits per heavy atom. The maximum absolute atomic E-state index is 12.3. The topological polar surface area (TPSA) is 63.3 Å². The number of nitrogens with zero attached hydrogens (tertiary/aromatic N) is 3. The summed E-state index contributed by atoms with van der Waals surface area (Å²) in [6, 6.07) is 16.8. The van der Waals surface area contributed by atoms with Gasteiger partial charge in [0.05, 0.1) is 6.67 Å². The van der Waals surface area contributed by atoms with Crippen LogP contribution in [-0.2, 0) is 6.67 Å². The zero-order valence-corrected chi connectivity index (χ0v) is 17.3. The van der Waals surface area contributed by atoms with Gasteiger partial charge in [0.25, 0.3) is 10.7 Å². The molecule has 1 aromatic heterocycles. The van der Waals surface area contributed by atoms with Crippen LogP contribution in [0.25, 0.3) is 11.5 Å².